The number of nitrogens with zero attached hydrogens (tertiary/aromatic N) is 4. The standard InChI is InChI=1S/C17H18N4O3/c22-17(14-10-18-3-4-19-14)21-7-5-20(6-8-21)11-13-1-2-15-16(9-13)24-12-23-15/h1-4,9-10H,5-8,11-12H2. The van der Waals surface area contributed by atoms with Crippen molar-refractivity contribution in [3.05, 3.63) is 48.0 Å². The summed E-state index contributed by atoms with van der Waals surface area (Å²) in [6.45, 7) is 4.19. The zero-order valence-electron chi connectivity index (χ0n) is 13.2. The molecule has 1 aromatic carbocycles. The molecule has 1 saturated heterocycles. The Balaban J connectivity index is 1.34. The topological polar surface area (TPSA) is 67.8 Å². The van der Waals surface area contributed by atoms with E-state index in [0.29, 0.717) is 25.6 Å². The molecule has 1 aromatic heterocycles. The van der Waals surface area contributed by atoms with Gasteiger partial charge in [0.25, 0.3) is 5.91 Å². The zero-order valence-corrected chi connectivity index (χ0v) is 13.2. The van der Waals surface area contributed by atoms with Crippen LogP contribution in [0.1, 0.15) is 16.1 Å². The lowest BCUT2D eigenvalue weighted by Crippen LogP contribution is -2.48. The SMILES string of the molecule is O=C(c1cnccn1)N1CCN(Cc2ccc3c(c2)OCO3)CC1. The second-order valence-corrected chi connectivity index (χ2v) is 5.85. The number of carbonyl (C=O) groups is 1. The van der Waals surface area contributed by atoms with Gasteiger partial charge < -0.3 is 14.4 Å². The maximum atomic E-state index is 12.4. The van der Waals surface area contributed by atoms with Crippen molar-refractivity contribution in [2.45, 2.75) is 6.54 Å². The van der Waals surface area contributed by atoms with E-state index in [-0.39, 0.29) is 5.91 Å². The molecule has 3 heterocycles. The number of benzene rings is 1. The second-order valence-electron chi connectivity index (χ2n) is 5.85. The number of aromatic nitrogens is 2. The van der Waals surface area contributed by atoms with Gasteiger partial charge in [-0.25, -0.2) is 4.98 Å². The Labute approximate surface area is 139 Å². The van der Waals surface area contributed by atoms with Gasteiger partial charge in [0.05, 0.1) is 6.20 Å². The lowest BCUT2D eigenvalue weighted by Gasteiger charge is -2.34. The fraction of sp³-hybridized carbons (Fsp3) is 0.353. The molecule has 0 bridgehead atoms. The van der Waals surface area contributed by atoms with Crippen LogP contribution in [0.15, 0.2) is 36.8 Å². The van der Waals surface area contributed by atoms with Crippen LogP contribution in [-0.2, 0) is 6.54 Å². The molecular weight excluding hydrogens is 308 g/mol. The molecule has 1 fully saturated rings. The van der Waals surface area contributed by atoms with Crippen LogP contribution in [0, 0.1) is 0 Å². The first-order valence-electron chi connectivity index (χ1n) is 7.96. The van der Waals surface area contributed by atoms with E-state index in [1.165, 1.54) is 11.8 Å². The van der Waals surface area contributed by atoms with Crippen LogP contribution in [0.2, 0.25) is 0 Å². The highest BCUT2D eigenvalue weighted by Gasteiger charge is 2.23. The predicted molar refractivity (Wildman–Crippen MR) is 85.8 cm³/mol. The molecule has 0 spiro atoms. The molecule has 4 rings (SSSR count). The van der Waals surface area contributed by atoms with Crippen LogP contribution < -0.4 is 9.47 Å². The molecule has 2 aliphatic rings. The molecule has 7 nitrogen and oxygen atoms in total. The molecule has 2 aliphatic heterocycles. The number of amides is 1. The van der Waals surface area contributed by atoms with E-state index in [1.54, 1.807) is 12.4 Å². The number of hydrogen-bond acceptors (Lipinski definition) is 6. The fourth-order valence-electron chi connectivity index (χ4n) is 2.98. The monoisotopic (exact) mass is 326 g/mol. The lowest BCUT2D eigenvalue weighted by atomic mass is 10.1. The van der Waals surface area contributed by atoms with Crippen LogP contribution >= 0.6 is 0 Å². The predicted octanol–water partition coefficient (Wildman–Crippen LogP) is 1.16. The number of piperazine rings is 1. The minimum Gasteiger partial charge on any atom is -0.454 e. The van der Waals surface area contributed by atoms with E-state index in [9.17, 15) is 4.79 Å². The minimum absolute atomic E-state index is 0.0502. The van der Waals surface area contributed by atoms with Crippen molar-refractivity contribution in [3.8, 4) is 11.5 Å². The highest BCUT2D eigenvalue weighted by atomic mass is 16.7. The Kier molecular flexibility index (Phi) is 4.00. The van der Waals surface area contributed by atoms with Crippen LogP contribution in [0.4, 0.5) is 0 Å². The minimum atomic E-state index is -0.0502. The summed E-state index contributed by atoms with van der Waals surface area (Å²) in [6, 6.07) is 6.04. The van der Waals surface area contributed by atoms with Crippen LogP contribution in [-0.4, -0.2) is 58.6 Å². The largest absolute Gasteiger partial charge is 0.454 e. The highest BCUT2D eigenvalue weighted by molar-refractivity contribution is 5.92. The summed E-state index contributed by atoms with van der Waals surface area (Å²) < 4.78 is 10.8. The average Bonchev–Trinajstić information content (AvgIpc) is 3.10. The summed E-state index contributed by atoms with van der Waals surface area (Å²) in [5, 5.41) is 0. The Morgan fingerprint density at radius 2 is 1.92 bits per heavy atom. The summed E-state index contributed by atoms with van der Waals surface area (Å²) in [4.78, 5) is 24.6. The Hall–Kier alpha value is -2.67. The van der Waals surface area contributed by atoms with Crippen molar-refractivity contribution < 1.29 is 14.3 Å². The number of ether oxygens (including phenoxy) is 2. The van der Waals surface area contributed by atoms with Crippen LogP contribution in [0.25, 0.3) is 0 Å². The van der Waals surface area contributed by atoms with Gasteiger partial charge in [-0.05, 0) is 17.7 Å². The van der Waals surface area contributed by atoms with Crippen molar-refractivity contribution in [1.29, 1.82) is 0 Å². The summed E-state index contributed by atoms with van der Waals surface area (Å²) in [7, 11) is 0. The Morgan fingerprint density at radius 3 is 2.71 bits per heavy atom. The van der Waals surface area contributed by atoms with Gasteiger partial charge in [-0.1, -0.05) is 6.07 Å². The molecule has 24 heavy (non-hydrogen) atoms. The van der Waals surface area contributed by atoms with Gasteiger partial charge in [-0.2, -0.15) is 0 Å². The normalized spacial score (nSPS) is 17.1. The van der Waals surface area contributed by atoms with Crippen LogP contribution in [0.3, 0.4) is 0 Å². The second kappa shape index (κ2) is 6.45. The first-order valence-corrected chi connectivity index (χ1v) is 7.96. The molecule has 0 radical (unpaired) electrons. The molecule has 0 unspecified atom stereocenters. The molecule has 0 aliphatic carbocycles. The number of rotatable bonds is 3. The lowest BCUT2D eigenvalue weighted by molar-refractivity contribution is 0.0622. The van der Waals surface area contributed by atoms with Gasteiger partial charge in [0, 0.05) is 45.1 Å². The van der Waals surface area contributed by atoms with E-state index in [1.807, 2.05) is 17.0 Å². The van der Waals surface area contributed by atoms with Crippen LogP contribution in [0.5, 0.6) is 11.5 Å². The van der Waals surface area contributed by atoms with Gasteiger partial charge >= 0.3 is 0 Å². The Morgan fingerprint density at radius 1 is 1.08 bits per heavy atom. The average molecular weight is 326 g/mol. The third kappa shape index (κ3) is 3.03. The third-order valence-corrected chi connectivity index (χ3v) is 4.28. The first-order chi connectivity index (χ1) is 11.8. The van der Waals surface area contributed by atoms with Crippen molar-refractivity contribution in [2.24, 2.45) is 0 Å². The molecule has 7 heteroatoms. The van der Waals surface area contributed by atoms with Gasteiger partial charge in [0.2, 0.25) is 6.79 Å². The van der Waals surface area contributed by atoms with E-state index in [2.05, 4.69) is 20.9 Å². The van der Waals surface area contributed by atoms with Crippen molar-refractivity contribution >= 4 is 5.91 Å². The maximum absolute atomic E-state index is 12.4. The highest BCUT2D eigenvalue weighted by Crippen LogP contribution is 2.32. The van der Waals surface area contributed by atoms with E-state index >= 15 is 0 Å². The molecular formula is C17H18N4O3. The molecule has 0 atom stereocenters. The first kappa shape index (κ1) is 14.9. The maximum Gasteiger partial charge on any atom is 0.274 e. The number of fused-ring (bicyclic) bond motifs is 1. The molecule has 124 valence electrons. The van der Waals surface area contributed by atoms with Gasteiger partial charge in [-0.15, -0.1) is 0 Å². The quantitative estimate of drug-likeness (QED) is 0.843. The molecule has 0 N–H and O–H groups in total. The molecule has 0 saturated carbocycles. The van der Waals surface area contributed by atoms with E-state index in [0.717, 1.165) is 31.1 Å². The third-order valence-electron chi connectivity index (χ3n) is 4.28. The number of carbonyl (C=O) groups excluding carboxylic acids is 1. The Bertz CT molecular complexity index is 730. The van der Waals surface area contributed by atoms with Gasteiger partial charge in [0.1, 0.15) is 5.69 Å². The molecule has 1 amide bonds. The summed E-state index contributed by atoms with van der Waals surface area (Å²) >= 11 is 0. The van der Waals surface area contributed by atoms with E-state index in [4.69, 9.17) is 9.47 Å². The zero-order chi connectivity index (χ0) is 16.4. The molecule has 2 aromatic rings. The van der Waals surface area contributed by atoms with Gasteiger partial charge in [0.15, 0.2) is 11.5 Å². The van der Waals surface area contributed by atoms with E-state index < -0.39 is 0 Å². The number of hydrogen-bond donors (Lipinski definition) is 0. The summed E-state index contributed by atoms with van der Waals surface area (Å²) in [5.41, 5.74) is 1.59. The summed E-state index contributed by atoms with van der Waals surface area (Å²) in [6.07, 6.45) is 4.63. The summed E-state index contributed by atoms with van der Waals surface area (Å²) in [5.74, 6) is 1.56. The van der Waals surface area contributed by atoms with Crippen molar-refractivity contribution in [2.75, 3.05) is 33.0 Å². The smallest absolute Gasteiger partial charge is 0.274 e. The van der Waals surface area contributed by atoms with Crippen molar-refractivity contribution in [1.82, 2.24) is 19.8 Å². The van der Waals surface area contributed by atoms with Gasteiger partial charge in [-0.3, -0.25) is 14.7 Å². The van der Waals surface area contributed by atoms with Crippen molar-refractivity contribution in [3.63, 3.8) is 0 Å². The fourth-order valence-corrected chi connectivity index (χ4v) is 2.98.